The summed E-state index contributed by atoms with van der Waals surface area (Å²) in [5, 5.41) is 12.7. The second-order valence-corrected chi connectivity index (χ2v) is 4.98. The summed E-state index contributed by atoms with van der Waals surface area (Å²) in [4.78, 5) is 23.0. The molecular formula is C13H21N5O2. The Morgan fingerprint density at radius 3 is 3.05 bits per heavy atom. The quantitative estimate of drug-likeness (QED) is 0.689. The molecule has 0 spiro atoms. The van der Waals surface area contributed by atoms with Gasteiger partial charge in [-0.25, -0.2) is 0 Å². The van der Waals surface area contributed by atoms with E-state index in [1.54, 1.807) is 19.4 Å². The van der Waals surface area contributed by atoms with Gasteiger partial charge in [-0.05, 0) is 25.8 Å². The molecule has 20 heavy (non-hydrogen) atoms. The molecule has 0 aliphatic carbocycles. The van der Waals surface area contributed by atoms with Gasteiger partial charge in [0.05, 0.1) is 11.9 Å². The van der Waals surface area contributed by atoms with E-state index in [0.29, 0.717) is 18.2 Å². The van der Waals surface area contributed by atoms with Crippen LogP contribution in [0.2, 0.25) is 0 Å². The molecule has 1 atom stereocenters. The minimum Gasteiger partial charge on any atom is -0.358 e. The Labute approximate surface area is 118 Å². The van der Waals surface area contributed by atoms with E-state index in [0.717, 1.165) is 19.4 Å². The van der Waals surface area contributed by atoms with Gasteiger partial charge in [0, 0.05) is 25.7 Å². The number of rotatable bonds is 6. The second-order valence-electron chi connectivity index (χ2n) is 4.98. The number of hydrogen-bond acceptors (Lipinski definition) is 4. The Kier molecular flexibility index (Phi) is 5.11. The first-order valence-electron chi connectivity index (χ1n) is 6.93. The minimum absolute atomic E-state index is 0.0156. The fourth-order valence-corrected chi connectivity index (χ4v) is 2.27. The Balaban J connectivity index is 1.74. The van der Waals surface area contributed by atoms with E-state index in [1.807, 2.05) is 0 Å². The number of carbonyl (C=O) groups excluding carboxylic acids is 2. The van der Waals surface area contributed by atoms with Crippen molar-refractivity contribution in [2.24, 2.45) is 0 Å². The Morgan fingerprint density at radius 1 is 1.50 bits per heavy atom. The van der Waals surface area contributed by atoms with E-state index in [9.17, 15) is 9.59 Å². The third-order valence-corrected chi connectivity index (χ3v) is 3.38. The molecule has 1 aliphatic rings. The standard InChI is InChI=1S/C13H21N5O2/c1-14-13(20)9-18-8-11(7-16-18)17-12(19)5-4-10-3-2-6-15-10/h7-8,10,15H,2-6,9H2,1H3,(H,14,20)(H,17,19). The average Bonchev–Trinajstić information content (AvgIpc) is 3.08. The van der Waals surface area contributed by atoms with Crippen molar-refractivity contribution < 1.29 is 9.59 Å². The van der Waals surface area contributed by atoms with E-state index in [2.05, 4.69) is 21.0 Å². The molecule has 0 saturated carbocycles. The molecule has 2 amide bonds. The number of likely N-dealkylation sites (N-methyl/N-ethyl adjacent to an activating group) is 1. The molecule has 7 nitrogen and oxygen atoms in total. The topological polar surface area (TPSA) is 88.0 Å². The number of aromatic nitrogens is 2. The van der Waals surface area contributed by atoms with Crippen LogP contribution in [0.25, 0.3) is 0 Å². The van der Waals surface area contributed by atoms with Crippen LogP contribution in [0.15, 0.2) is 12.4 Å². The lowest BCUT2D eigenvalue weighted by atomic mass is 10.1. The molecule has 1 saturated heterocycles. The molecule has 3 N–H and O–H groups in total. The summed E-state index contributed by atoms with van der Waals surface area (Å²) in [7, 11) is 1.57. The lowest BCUT2D eigenvalue weighted by Gasteiger charge is -2.09. The third kappa shape index (κ3) is 4.34. The van der Waals surface area contributed by atoms with Crippen LogP contribution < -0.4 is 16.0 Å². The second kappa shape index (κ2) is 7.04. The highest BCUT2D eigenvalue weighted by atomic mass is 16.2. The number of nitrogens with zero attached hydrogens (tertiary/aromatic N) is 2. The molecule has 0 aromatic carbocycles. The van der Waals surface area contributed by atoms with Crippen molar-refractivity contribution in [3.63, 3.8) is 0 Å². The smallest absolute Gasteiger partial charge is 0.241 e. The number of nitrogens with one attached hydrogen (secondary N) is 3. The van der Waals surface area contributed by atoms with Crippen molar-refractivity contribution in [2.75, 3.05) is 18.9 Å². The minimum atomic E-state index is -0.127. The first kappa shape index (κ1) is 14.5. The summed E-state index contributed by atoms with van der Waals surface area (Å²) in [6, 6.07) is 0.469. The van der Waals surface area contributed by atoms with Crippen molar-refractivity contribution in [3.8, 4) is 0 Å². The van der Waals surface area contributed by atoms with Gasteiger partial charge in [-0.3, -0.25) is 14.3 Å². The highest BCUT2D eigenvalue weighted by Crippen LogP contribution is 2.12. The first-order chi connectivity index (χ1) is 9.67. The largest absolute Gasteiger partial charge is 0.358 e. The van der Waals surface area contributed by atoms with Crippen LogP contribution in [0, 0.1) is 0 Å². The van der Waals surface area contributed by atoms with E-state index in [1.165, 1.54) is 11.1 Å². The first-order valence-corrected chi connectivity index (χ1v) is 6.93. The van der Waals surface area contributed by atoms with Gasteiger partial charge in [-0.1, -0.05) is 0 Å². The zero-order valence-corrected chi connectivity index (χ0v) is 11.7. The van der Waals surface area contributed by atoms with Crippen molar-refractivity contribution in [1.82, 2.24) is 20.4 Å². The summed E-state index contributed by atoms with van der Waals surface area (Å²) in [6.45, 7) is 1.21. The number of hydrogen-bond donors (Lipinski definition) is 3. The van der Waals surface area contributed by atoms with Crippen LogP contribution in [0.4, 0.5) is 5.69 Å². The normalized spacial score (nSPS) is 17.9. The van der Waals surface area contributed by atoms with Crippen LogP contribution in [-0.4, -0.2) is 41.2 Å². The Morgan fingerprint density at radius 2 is 2.35 bits per heavy atom. The summed E-state index contributed by atoms with van der Waals surface area (Å²) in [6.07, 6.45) is 6.90. The average molecular weight is 279 g/mol. The predicted molar refractivity (Wildman–Crippen MR) is 75.2 cm³/mol. The third-order valence-electron chi connectivity index (χ3n) is 3.38. The molecule has 2 rings (SSSR count). The molecule has 1 fully saturated rings. The van der Waals surface area contributed by atoms with Crippen molar-refractivity contribution in [2.45, 2.75) is 38.3 Å². The molecule has 2 heterocycles. The monoisotopic (exact) mass is 279 g/mol. The van der Waals surface area contributed by atoms with Crippen LogP contribution in [0.1, 0.15) is 25.7 Å². The van der Waals surface area contributed by atoms with E-state index >= 15 is 0 Å². The predicted octanol–water partition coefficient (Wildman–Crippen LogP) is 0.0998. The maximum atomic E-state index is 11.8. The SMILES string of the molecule is CNC(=O)Cn1cc(NC(=O)CCC2CCCN2)cn1. The van der Waals surface area contributed by atoms with E-state index in [-0.39, 0.29) is 18.4 Å². The summed E-state index contributed by atoms with van der Waals surface area (Å²) in [5.41, 5.74) is 0.623. The number of anilines is 1. The number of carbonyl (C=O) groups is 2. The molecule has 1 aromatic rings. The maximum absolute atomic E-state index is 11.8. The van der Waals surface area contributed by atoms with E-state index in [4.69, 9.17) is 0 Å². The molecule has 1 aromatic heterocycles. The Hall–Kier alpha value is -1.89. The molecule has 1 unspecified atom stereocenters. The highest BCUT2D eigenvalue weighted by molar-refractivity contribution is 5.90. The van der Waals surface area contributed by atoms with Crippen LogP contribution >= 0.6 is 0 Å². The lowest BCUT2D eigenvalue weighted by Crippen LogP contribution is -2.24. The van der Waals surface area contributed by atoms with Crippen molar-refractivity contribution in [3.05, 3.63) is 12.4 Å². The van der Waals surface area contributed by atoms with Gasteiger partial charge in [0.15, 0.2) is 0 Å². The van der Waals surface area contributed by atoms with Crippen molar-refractivity contribution in [1.29, 1.82) is 0 Å². The van der Waals surface area contributed by atoms with Crippen LogP contribution in [-0.2, 0) is 16.1 Å². The summed E-state index contributed by atoms with van der Waals surface area (Å²) >= 11 is 0. The summed E-state index contributed by atoms with van der Waals surface area (Å²) < 4.78 is 1.49. The molecule has 110 valence electrons. The maximum Gasteiger partial charge on any atom is 0.241 e. The highest BCUT2D eigenvalue weighted by Gasteiger charge is 2.15. The summed E-state index contributed by atoms with van der Waals surface area (Å²) in [5.74, 6) is -0.142. The van der Waals surface area contributed by atoms with Gasteiger partial charge in [-0.2, -0.15) is 5.10 Å². The van der Waals surface area contributed by atoms with Crippen LogP contribution in [0.5, 0.6) is 0 Å². The van der Waals surface area contributed by atoms with Gasteiger partial charge in [0.25, 0.3) is 0 Å². The van der Waals surface area contributed by atoms with Gasteiger partial charge in [0.2, 0.25) is 11.8 Å². The molecular weight excluding hydrogens is 258 g/mol. The Bertz CT molecular complexity index is 465. The van der Waals surface area contributed by atoms with Crippen LogP contribution in [0.3, 0.4) is 0 Å². The van der Waals surface area contributed by atoms with Gasteiger partial charge in [-0.15, -0.1) is 0 Å². The molecule has 0 bridgehead atoms. The zero-order valence-electron chi connectivity index (χ0n) is 11.7. The van der Waals surface area contributed by atoms with Gasteiger partial charge in [0.1, 0.15) is 6.54 Å². The molecule has 1 aliphatic heterocycles. The van der Waals surface area contributed by atoms with E-state index < -0.39 is 0 Å². The molecule has 0 radical (unpaired) electrons. The fraction of sp³-hybridized carbons (Fsp3) is 0.615. The zero-order chi connectivity index (χ0) is 14.4. The van der Waals surface area contributed by atoms with Crippen molar-refractivity contribution >= 4 is 17.5 Å². The van der Waals surface area contributed by atoms with Gasteiger partial charge < -0.3 is 16.0 Å². The molecule has 7 heteroatoms. The number of amides is 2. The fourth-order valence-electron chi connectivity index (χ4n) is 2.27. The van der Waals surface area contributed by atoms with Gasteiger partial charge >= 0.3 is 0 Å². The lowest BCUT2D eigenvalue weighted by molar-refractivity contribution is -0.121.